The molecule has 1 aliphatic heterocycles. The summed E-state index contributed by atoms with van der Waals surface area (Å²) in [5.41, 5.74) is 2.89. The van der Waals surface area contributed by atoms with Gasteiger partial charge in [-0.2, -0.15) is 0 Å². The molecule has 0 aromatic heterocycles. The molecule has 0 atom stereocenters. The summed E-state index contributed by atoms with van der Waals surface area (Å²) in [5, 5.41) is 2.07. The summed E-state index contributed by atoms with van der Waals surface area (Å²) in [6.07, 6.45) is 17.3. The lowest BCUT2D eigenvalue weighted by molar-refractivity contribution is -0.121. The SMILES string of the molecule is CCCCCCCCCCCCCCN1CCC(=O)N1.Cl. The van der Waals surface area contributed by atoms with Gasteiger partial charge in [0.2, 0.25) is 5.91 Å². The molecule has 126 valence electrons. The van der Waals surface area contributed by atoms with Crippen LogP contribution in [0.25, 0.3) is 0 Å². The Morgan fingerprint density at radius 2 is 1.33 bits per heavy atom. The first-order valence-corrected chi connectivity index (χ1v) is 8.87. The van der Waals surface area contributed by atoms with Crippen LogP contribution in [0.1, 0.15) is 90.4 Å². The van der Waals surface area contributed by atoms with Crippen LogP contribution in [-0.4, -0.2) is 24.0 Å². The molecule has 21 heavy (non-hydrogen) atoms. The lowest BCUT2D eigenvalue weighted by Crippen LogP contribution is -2.33. The maximum atomic E-state index is 11.0. The molecule has 1 amide bonds. The van der Waals surface area contributed by atoms with Crippen molar-refractivity contribution in [3.63, 3.8) is 0 Å². The molecule has 1 rings (SSSR count). The first-order valence-electron chi connectivity index (χ1n) is 8.87. The van der Waals surface area contributed by atoms with Crippen molar-refractivity contribution in [2.24, 2.45) is 0 Å². The fraction of sp³-hybridized carbons (Fsp3) is 0.941. The van der Waals surface area contributed by atoms with Crippen LogP contribution in [0.3, 0.4) is 0 Å². The van der Waals surface area contributed by atoms with Crippen molar-refractivity contribution in [1.29, 1.82) is 0 Å². The van der Waals surface area contributed by atoms with E-state index in [1.165, 1.54) is 77.0 Å². The zero-order valence-electron chi connectivity index (χ0n) is 13.9. The second-order valence-corrected chi connectivity index (χ2v) is 6.16. The van der Waals surface area contributed by atoms with Crippen LogP contribution in [-0.2, 0) is 4.79 Å². The van der Waals surface area contributed by atoms with Crippen LogP contribution in [0.2, 0.25) is 0 Å². The Balaban J connectivity index is 0.00000400. The van der Waals surface area contributed by atoms with Crippen molar-refractivity contribution in [3.05, 3.63) is 0 Å². The van der Waals surface area contributed by atoms with Crippen molar-refractivity contribution in [2.75, 3.05) is 13.1 Å². The highest BCUT2D eigenvalue weighted by molar-refractivity contribution is 5.85. The van der Waals surface area contributed by atoms with Gasteiger partial charge in [-0.05, 0) is 6.42 Å². The van der Waals surface area contributed by atoms with Gasteiger partial charge in [0, 0.05) is 19.5 Å². The summed E-state index contributed by atoms with van der Waals surface area (Å²) >= 11 is 0. The molecule has 0 saturated carbocycles. The van der Waals surface area contributed by atoms with Gasteiger partial charge in [0.25, 0.3) is 0 Å². The second kappa shape index (κ2) is 14.6. The summed E-state index contributed by atoms with van der Waals surface area (Å²) in [6, 6.07) is 0. The molecule has 0 aromatic rings. The minimum Gasteiger partial charge on any atom is -0.289 e. The monoisotopic (exact) mass is 318 g/mol. The second-order valence-electron chi connectivity index (χ2n) is 6.16. The average molecular weight is 319 g/mol. The number of halogens is 1. The third kappa shape index (κ3) is 12.0. The van der Waals surface area contributed by atoms with E-state index < -0.39 is 0 Å². The van der Waals surface area contributed by atoms with Gasteiger partial charge in [-0.3, -0.25) is 10.2 Å². The van der Waals surface area contributed by atoms with Crippen molar-refractivity contribution in [3.8, 4) is 0 Å². The van der Waals surface area contributed by atoms with Crippen molar-refractivity contribution >= 4 is 18.3 Å². The Hall–Kier alpha value is -0.280. The lowest BCUT2D eigenvalue weighted by atomic mass is 10.1. The van der Waals surface area contributed by atoms with Gasteiger partial charge in [0.15, 0.2) is 0 Å². The lowest BCUT2D eigenvalue weighted by Gasteiger charge is -2.13. The number of hydrogen-bond acceptors (Lipinski definition) is 2. The number of carbonyl (C=O) groups excluding carboxylic acids is 1. The minimum absolute atomic E-state index is 0. The summed E-state index contributed by atoms with van der Waals surface area (Å²) in [4.78, 5) is 11.0. The predicted molar refractivity (Wildman–Crippen MR) is 92.7 cm³/mol. The van der Waals surface area contributed by atoms with Crippen LogP contribution >= 0.6 is 12.4 Å². The molecule has 1 saturated heterocycles. The highest BCUT2D eigenvalue weighted by atomic mass is 35.5. The van der Waals surface area contributed by atoms with E-state index in [9.17, 15) is 4.79 Å². The molecule has 0 bridgehead atoms. The molecular formula is C17H35ClN2O. The highest BCUT2D eigenvalue weighted by Crippen LogP contribution is 2.12. The van der Waals surface area contributed by atoms with E-state index in [1.54, 1.807) is 0 Å². The molecule has 1 fully saturated rings. The molecule has 0 unspecified atom stereocenters. The smallest absolute Gasteiger partial charge is 0.235 e. The fourth-order valence-corrected chi connectivity index (χ4v) is 2.84. The number of rotatable bonds is 13. The molecule has 0 aromatic carbocycles. The topological polar surface area (TPSA) is 32.3 Å². The Morgan fingerprint density at radius 3 is 1.76 bits per heavy atom. The standard InChI is InChI=1S/C17H34N2O.ClH/c1-2-3-4-5-6-7-8-9-10-11-12-13-15-19-16-14-17(20)18-19;/h2-16H2,1H3,(H,18,20);1H. The number of nitrogens with zero attached hydrogens (tertiary/aromatic N) is 1. The van der Waals surface area contributed by atoms with Crippen molar-refractivity contribution in [2.45, 2.75) is 90.4 Å². The highest BCUT2D eigenvalue weighted by Gasteiger charge is 2.16. The van der Waals surface area contributed by atoms with E-state index in [2.05, 4.69) is 17.4 Å². The summed E-state index contributed by atoms with van der Waals surface area (Å²) in [6.45, 7) is 4.21. The first-order chi connectivity index (χ1) is 9.83. The van der Waals surface area contributed by atoms with Crippen LogP contribution in [0.5, 0.6) is 0 Å². The van der Waals surface area contributed by atoms with Crippen molar-refractivity contribution in [1.82, 2.24) is 10.4 Å². The zero-order chi connectivity index (χ0) is 14.5. The third-order valence-corrected chi connectivity index (χ3v) is 4.17. The summed E-state index contributed by atoms with van der Waals surface area (Å²) in [5.74, 6) is 0.184. The molecule has 0 radical (unpaired) electrons. The number of hydrazine groups is 1. The minimum atomic E-state index is 0. The van der Waals surface area contributed by atoms with E-state index in [4.69, 9.17) is 0 Å². The van der Waals surface area contributed by atoms with Gasteiger partial charge >= 0.3 is 0 Å². The van der Waals surface area contributed by atoms with Gasteiger partial charge < -0.3 is 0 Å². The van der Waals surface area contributed by atoms with E-state index in [1.807, 2.05) is 0 Å². The average Bonchev–Trinajstić information content (AvgIpc) is 2.86. The number of carbonyl (C=O) groups is 1. The Bertz CT molecular complexity index is 249. The number of nitrogens with one attached hydrogen (secondary N) is 1. The molecule has 0 spiro atoms. The summed E-state index contributed by atoms with van der Waals surface area (Å²) in [7, 11) is 0. The predicted octanol–water partition coefficient (Wildman–Crippen LogP) is 4.85. The number of hydrogen-bond donors (Lipinski definition) is 1. The molecule has 4 heteroatoms. The van der Waals surface area contributed by atoms with Gasteiger partial charge in [-0.15, -0.1) is 12.4 Å². The molecular weight excluding hydrogens is 284 g/mol. The Labute approximate surface area is 137 Å². The van der Waals surface area contributed by atoms with Gasteiger partial charge in [-0.25, -0.2) is 5.01 Å². The number of unbranched alkanes of at least 4 members (excludes halogenated alkanes) is 11. The van der Waals surface area contributed by atoms with Gasteiger partial charge in [-0.1, -0.05) is 77.6 Å². The Morgan fingerprint density at radius 1 is 0.857 bits per heavy atom. The Kier molecular flexibility index (Phi) is 14.5. The van der Waals surface area contributed by atoms with E-state index >= 15 is 0 Å². The maximum Gasteiger partial charge on any atom is 0.235 e. The van der Waals surface area contributed by atoms with E-state index in [0.29, 0.717) is 6.42 Å². The normalized spacial score (nSPS) is 15.0. The third-order valence-electron chi connectivity index (χ3n) is 4.17. The molecule has 0 aliphatic carbocycles. The summed E-state index contributed by atoms with van der Waals surface area (Å²) < 4.78 is 0. The maximum absolute atomic E-state index is 11.0. The largest absolute Gasteiger partial charge is 0.289 e. The van der Waals surface area contributed by atoms with Gasteiger partial charge in [0.05, 0.1) is 0 Å². The quantitative estimate of drug-likeness (QED) is 0.492. The van der Waals surface area contributed by atoms with E-state index in [-0.39, 0.29) is 18.3 Å². The fourth-order valence-electron chi connectivity index (χ4n) is 2.84. The van der Waals surface area contributed by atoms with Gasteiger partial charge in [0.1, 0.15) is 0 Å². The van der Waals surface area contributed by atoms with Crippen LogP contribution in [0.15, 0.2) is 0 Å². The molecule has 1 N–H and O–H groups in total. The van der Waals surface area contributed by atoms with Crippen LogP contribution < -0.4 is 5.43 Å². The zero-order valence-corrected chi connectivity index (χ0v) is 14.7. The molecule has 1 aliphatic rings. The van der Waals surface area contributed by atoms with Crippen LogP contribution in [0, 0.1) is 0 Å². The number of amides is 1. The molecule has 1 heterocycles. The molecule has 3 nitrogen and oxygen atoms in total. The van der Waals surface area contributed by atoms with Crippen molar-refractivity contribution < 1.29 is 4.79 Å². The first kappa shape index (κ1) is 20.7. The van der Waals surface area contributed by atoms with Crippen LogP contribution in [0.4, 0.5) is 0 Å². The van der Waals surface area contributed by atoms with E-state index in [0.717, 1.165) is 13.1 Å².